The lowest BCUT2D eigenvalue weighted by atomic mass is 10.0. The Morgan fingerprint density at radius 3 is 2.95 bits per heavy atom. The minimum absolute atomic E-state index is 0.107. The molecule has 0 aliphatic heterocycles. The molecule has 1 fully saturated rings. The van der Waals surface area contributed by atoms with Crippen molar-refractivity contribution in [3.63, 3.8) is 0 Å². The van der Waals surface area contributed by atoms with Crippen LogP contribution in [0.25, 0.3) is 0 Å². The maximum atomic E-state index is 12.1. The summed E-state index contributed by atoms with van der Waals surface area (Å²) in [5.41, 5.74) is 1.06. The van der Waals surface area contributed by atoms with Crippen molar-refractivity contribution >= 4 is 17.2 Å². The van der Waals surface area contributed by atoms with E-state index >= 15 is 0 Å². The highest BCUT2D eigenvalue weighted by Crippen LogP contribution is 2.28. The molecule has 1 atom stereocenters. The van der Waals surface area contributed by atoms with Gasteiger partial charge in [0.15, 0.2) is 0 Å². The van der Waals surface area contributed by atoms with Crippen molar-refractivity contribution in [2.45, 2.75) is 38.7 Å². The van der Waals surface area contributed by atoms with Gasteiger partial charge < -0.3 is 15.2 Å². The van der Waals surface area contributed by atoms with E-state index in [1.165, 1.54) is 24.2 Å². The van der Waals surface area contributed by atoms with E-state index in [4.69, 9.17) is 4.74 Å². The Kier molecular flexibility index (Phi) is 5.57. The molecule has 0 saturated heterocycles. The zero-order chi connectivity index (χ0) is 14.5. The smallest absolute Gasteiger partial charge is 0.261 e. The number of thiophene rings is 1. The predicted octanol–water partition coefficient (Wildman–Crippen LogP) is 2.39. The summed E-state index contributed by atoms with van der Waals surface area (Å²) in [7, 11) is 0. The fraction of sp³-hybridized carbons (Fsp3) is 0.667. The van der Waals surface area contributed by atoms with Gasteiger partial charge in [0.25, 0.3) is 5.91 Å². The maximum Gasteiger partial charge on any atom is 0.261 e. The minimum Gasteiger partial charge on any atom is -0.389 e. The lowest BCUT2D eigenvalue weighted by Crippen LogP contribution is -2.34. The molecule has 4 nitrogen and oxygen atoms in total. The number of ether oxygens (including phenoxy) is 1. The van der Waals surface area contributed by atoms with Crippen LogP contribution in [0.1, 0.15) is 47.8 Å². The third kappa shape index (κ3) is 4.58. The van der Waals surface area contributed by atoms with Gasteiger partial charge in [0.05, 0.1) is 17.6 Å². The first-order valence-corrected chi connectivity index (χ1v) is 8.07. The molecule has 1 heterocycles. The van der Waals surface area contributed by atoms with Gasteiger partial charge in [-0.05, 0) is 41.7 Å². The quantitative estimate of drug-likeness (QED) is 0.774. The summed E-state index contributed by atoms with van der Waals surface area (Å²) in [5.74, 6) is 0.912. The number of carbonyl (C=O) groups excluding carboxylic acids is 1. The van der Waals surface area contributed by atoms with Crippen molar-refractivity contribution in [3.05, 3.63) is 21.9 Å². The number of aliphatic hydroxyl groups excluding tert-OH is 1. The lowest BCUT2D eigenvalue weighted by Gasteiger charge is -2.13. The van der Waals surface area contributed by atoms with Crippen molar-refractivity contribution in [2.75, 3.05) is 19.8 Å². The molecule has 0 radical (unpaired) electrons. The summed E-state index contributed by atoms with van der Waals surface area (Å²) in [5, 5.41) is 14.5. The summed E-state index contributed by atoms with van der Waals surface area (Å²) in [6.45, 7) is 5.39. The van der Waals surface area contributed by atoms with Gasteiger partial charge in [0.2, 0.25) is 0 Å². The van der Waals surface area contributed by atoms with Crippen LogP contribution < -0.4 is 5.32 Å². The van der Waals surface area contributed by atoms with E-state index in [1.54, 1.807) is 0 Å². The molecular weight excluding hydrogens is 274 g/mol. The Morgan fingerprint density at radius 2 is 2.30 bits per heavy atom. The first kappa shape index (κ1) is 15.5. The molecule has 20 heavy (non-hydrogen) atoms. The van der Waals surface area contributed by atoms with Crippen molar-refractivity contribution in [1.29, 1.82) is 0 Å². The van der Waals surface area contributed by atoms with Crippen LogP contribution in [0.2, 0.25) is 0 Å². The molecule has 1 unspecified atom stereocenters. The SMILES string of the molecule is CC(C)c1ccsc1C(=O)NCC(O)COCC1CC1. The molecule has 2 N–H and O–H groups in total. The monoisotopic (exact) mass is 297 g/mol. The molecule has 0 aromatic carbocycles. The fourth-order valence-electron chi connectivity index (χ4n) is 1.96. The van der Waals surface area contributed by atoms with E-state index in [9.17, 15) is 9.90 Å². The normalized spacial score (nSPS) is 16.4. The minimum atomic E-state index is -0.639. The number of amides is 1. The number of carbonyl (C=O) groups is 1. The molecule has 0 bridgehead atoms. The Hall–Kier alpha value is -0.910. The van der Waals surface area contributed by atoms with Crippen molar-refractivity contribution in [2.24, 2.45) is 5.92 Å². The molecule has 1 aromatic rings. The first-order chi connectivity index (χ1) is 9.58. The van der Waals surface area contributed by atoms with Crippen molar-refractivity contribution < 1.29 is 14.6 Å². The van der Waals surface area contributed by atoms with Gasteiger partial charge in [-0.3, -0.25) is 4.79 Å². The maximum absolute atomic E-state index is 12.1. The Labute approximate surface area is 124 Å². The Morgan fingerprint density at radius 1 is 1.55 bits per heavy atom. The average Bonchev–Trinajstić information content (AvgIpc) is 3.08. The molecule has 1 aromatic heterocycles. The highest BCUT2D eigenvalue weighted by molar-refractivity contribution is 7.12. The largest absolute Gasteiger partial charge is 0.389 e. The number of nitrogens with one attached hydrogen (secondary N) is 1. The van der Waals surface area contributed by atoms with E-state index in [0.29, 0.717) is 11.8 Å². The fourth-order valence-corrected chi connectivity index (χ4v) is 2.93. The second-order valence-corrected chi connectivity index (χ2v) is 6.62. The van der Waals surface area contributed by atoms with Gasteiger partial charge in [-0.1, -0.05) is 13.8 Å². The summed E-state index contributed by atoms with van der Waals surface area (Å²) in [4.78, 5) is 12.8. The molecular formula is C15H23NO3S. The van der Waals surface area contributed by atoms with Crippen LogP contribution in [-0.4, -0.2) is 36.9 Å². The second-order valence-electron chi connectivity index (χ2n) is 5.70. The zero-order valence-corrected chi connectivity index (χ0v) is 12.9. The number of aliphatic hydroxyl groups is 1. The van der Waals surface area contributed by atoms with Crippen LogP contribution in [0, 0.1) is 5.92 Å². The molecule has 112 valence electrons. The summed E-state index contributed by atoms with van der Waals surface area (Å²) >= 11 is 1.44. The van der Waals surface area contributed by atoms with E-state index < -0.39 is 6.10 Å². The molecule has 1 amide bonds. The second kappa shape index (κ2) is 7.20. The van der Waals surface area contributed by atoms with Crippen LogP contribution in [-0.2, 0) is 4.74 Å². The predicted molar refractivity (Wildman–Crippen MR) is 80.3 cm³/mol. The van der Waals surface area contributed by atoms with Gasteiger partial charge in [-0.2, -0.15) is 0 Å². The molecule has 1 aliphatic rings. The van der Waals surface area contributed by atoms with E-state index in [-0.39, 0.29) is 19.1 Å². The Bertz CT molecular complexity index is 440. The standard InChI is InChI=1S/C15H23NO3S/c1-10(2)13-5-6-20-14(13)15(18)16-7-12(17)9-19-8-11-3-4-11/h5-6,10-12,17H,3-4,7-9H2,1-2H3,(H,16,18). The first-order valence-electron chi connectivity index (χ1n) is 7.19. The van der Waals surface area contributed by atoms with Gasteiger partial charge in [0, 0.05) is 13.2 Å². The topological polar surface area (TPSA) is 58.6 Å². The van der Waals surface area contributed by atoms with Crippen LogP contribution >= 0.6 is 11.3 Å². The lowest BCUT2D eigenvalue weighted by molar-refractivity contribution is 0.0321. The van der Waals surface area contributed by atoms with Gasteiger partial charge in [0.1, 0.15) is 0 Å². The van der Waals surface area contributed by atoms with Crippen molar-refractivity contribution in [3.8, 4) is 0 Å². The van der Waals surface area contributed by atoms with Gasteiger partial charge in [-0.25, -0.2) is 0 Å². The summed E-state index contributed by atoms with van der Waals surface area (Å²) < 4.78 is 5.41. The highest BCUT2D eigenvalue weighted by atomic mass is 32.1. The third-order valence-corrected chi connectivity index (χ3v) is 4.31. The third-order valence-electron chi connectivity index (χ3n) is 3.38. The van der Waals surface area contributed by atoms with Crippen LogP contribution in [0.4, 0.5) is 0 Å². The zero-order valence-electron chi connectivity index (χ0n) is 12.1. The number of rotatable bonds is 8. The van der Waals surface area contributed by atoms with E-state index in [0.717, 1.165) is 17.0 Å². The summed E-state index contributed by atoms with van der Waals surface area (Å²) in [6.07, 6.45) is 1.84. The number of hydrogen-bond donors (Lipinski definition) is 2. The van der Waals surface area contributed by atoms with Crippen LogP contribution in [0.3, 0.4) is 0 Å². The Balaban J connectivity index is 1.71. The van der Waals surface area contributed by atoms with Crippen LogP contribution in [0.5, 0.6) is 0 Å². The molecule has 0 spiro atoms. The van der Waals surface area contributed by atoms with Crippen molar-refractivity contribution in [1.82, 2.24) is 5.32 Å². The molecule has 1 aliphatic carbocycles. The van der Waals surface area contributed by atoms with Crippen LogP contribution in [0.15, 0.2) is 11.4 Å². The molecule has 5 heteroatoms. The average molecular weight is 297 g/mol. The molecule has 1 saturated carbocycles. The van der Waals surface area contributed by atoms with E-state index in [1.807, 2.05) is 11.4 Å². The van der Waals surface area contributed by atoms with E-state index in [2.05, 4.69) is 19.2 Å². The highest BCUT2D eigenvalue weighted by Gasteiger charge is 2.22. The number of hydrogen-bond acceptors (Lipinski definition) is 4. The molecule has 2 rings (SSSR count). The van der Waals surface area contributed by atoms with Gasteiger partial charge in [-0.15, -0.1) is 11.3 Å². The summed E-state index contributed by atoms with van der Waals surface area (Å²) in [6, 6.07) is 1.99. The van der Waals surface area contributed by atoms with Gasteiger partial charge >= 0.3 is 0 Å².